The van der Waals surface area contributed by atoms with Gasteiger partial charge in [0.2, 0.25) is 10.0 Å². The van der Waals surface area contributed by atoms with E-state index in [1.54, 1.807) is 26.2 Å². The molecule has 0 spiro atoms. The monoisotopic (exact) mass is 301 g/mol. The van der Waals surface area contributed by atoms with E-state index in [0.29, 0.717) is 12.4 Å². The molecule has 0 amide bonds. The number of nitrogens with zero attached hydrogens (tertiary/aromatic N) is 1. The number of hydrogen-bond donors (Lipinski definition) is 1. The molecule has 7 heteroatoms. The highest BCUT2D eigenvalue weighted by Gasteiger charge is 2.33. The third kappa shape index (κ3) is 2.80. The van der Waals surface area contributed by atoms with Crippen molar-refractivity contribution >= 4 is 10.0 Å². The van der Waals surface area contributed by atoms with Crippen LogP contribution in [-0.2, 0) is 14.8 Å². The van der Waals surface area contributed by atoms with E-state index in [9.17, 15) is 13.5 Å². The van der Waals surface area contributed by atoms with Crippen LogP contribution in [0.25, 0.3) is 0 Å². The third-order valence-electron chi connectivity index (χ3n) is 3.36. The van der Waals surface area contributed by atoms with Crippen LogP contribution in [-0.4, -0.2) is 57.3 Å². The first-order chi connectivity index (χ1) is 9.50. The average Bonchev–Trinajstić information content (AvgIpc) is 2.47. The number of benzene rings is 1. The van der Waals surface area contributed by atoms with Crippen molar-refractivity contribution in [3.8, 4) is 5.75 Å². The van der Waals surface area contributed by atoms with E-state index in [4.69, 9.17) is 9.47 Å². The molecule has 6 nitrogen and oxygen atoms in total. The second kappa shape index (κ2) is 6.09. The van der Waals surface area contributed by atoms with Crippen LogP contribution in [0.4, 0.5) is 0 Å². The first kappa shape index (κ1) is 15.2. The molecular weight excluding hydrogens is 282 g/mol. The lowest BCUT2D eigenvalue weighted by molar-refractivity contribution is 0.0109. The van der Waals surface area contributed by atoms with Crippen molar-refractivity contribution in [2.75, 3.05) is 33.5 Å². The minimum Gasteiger partial charge on any atom is -0.496 e. The molecular formula is C13H19NO5S. The molecule has 1 saturated heterocycles. The van der Waals surface area contributed by atoms with Crippen molar-refractivity contribution in [2.45, 2.75) is 17.9 Å². The van der Waals surface area contributed by atoms with Gasteiger partial charge in [-0.1, -0.05) is 0 Å². The molecule has 0 aromatic heterocycles. The van der Waals surface area contributed by atoms with Crippen LogP contribution in [0.5, 0.6) is 5.75 Å². The Balaban J connectivity index is 2.36. The summed E-state index contributed by atoms with van der Waals surface area (Å²) in [6.07, 6.45) is 0. The lowest BCUT2D eigenvalue weighted by Gasteiger charge is -2.33. The summed E-state index contributed by atoms with van der Waals surface area (Å²) < 4.78 is 36.9. The molecule has 112 valence electrons. The number of aliphatic hydroxyl groups excluding tert-OH is 1. The molecule has 1 aromatic rings. The van der Waals surface area contributed by atoms with Gasteiger partial charge >= 0.3 is 0 Å². The van der Waals surface area contributed by atoms with E-state index in [-0.39, 0.29) is 24.7 Å². The maximum Gasteiger partial charge on any atom is 0.243 e. The fraction of sp³-hybridized carbons (Fsp3) is 0.538. The Bertz CT molecular complexity index is 572. The highest BCUT2D eigenvalue weighted by atomic mass is 32.2. The largest absolute Gasteiger partial charge is 0.496 e. The number of rotatable bonds is 4. The molecule has 1 unspecified atom stereocenters. The van der Waals surface area contributed by atoms with Crippen LogP contribution in [0.3, 0.4) is 0 Å². The fourth-order valence-electron chi connectivity index (χ4n) is 2.25. The van der Waals surface area contributed by atoms with Crippen molar-refractivity contribution in [1.29, 1.82) is 0 Å². The van der Waals surface area contributed by atoms with E-state index >= 15 is 0 Å². The number of sulfonamides is 1. The van der Waals surface area contributed by atoms with Crippen LogP contribution in [0.15, 0.2) is 23.1 Å². The quantitative estimate of drug-likeness (QED) is 0.870. The summed E-state index contributed by atoms with van der Waals surface area (Å²) in [5.74, 6) is 0.643. The van der Waals surface area contributed by atoms with E-state index < -0.39 is 16.1 Å². The lowest BCUT2D eigenvalue weighted by Crippen LogP contribution is -2.50. The minimum absolute atomic E-state index is 0.205. The molecule has 20 heavy (non-hydrogen) atoms. The lowest BCUT2D eigenvalue weighted by atomic mass is 10.2. The van der Waals surface area contributed by atoms with Gasteiger partial charge in [-0.15, -0.1) is 0 Å². The molecule has 0 saturated carbocycles. The number of aryl methyl sites for hydroxylation is 1. The zero-order valence-corrected chi connectivity index (χ0v) is 12.4. The summed E-state index contributed by atoms with van der Waals surface area (Å²) in [5, 5.41) is 9.30. The molecule has 1 fully saturated rings. The number of ether oxygens (including phenoxy) is 2. The standard InChI is InChI=1S/C13H19NO5S/c1-10-7-12(3-4-13(10)18-2)20(16,17)14-5-6-19-9-11(14)8-15/h3-4,7,11,15H,5-6,8-9H2,1-2H3. The van der Waals surface area contributed by atoms with Crippen molar-refractivity contribution < 1.29 is 23.0 Å². The van der Waals surface area contributed by atoms with Gasteiger partial charge in [0.15, 0.2) is 0 Å². The summed E-state index contributed by atoms with van der Waals surface area (Å²) in [7, 11) is -2.09. The van der Waals surface area contributed by atoms with Gasteiger partial charge in [-0.25, -0.2) is 8.42 Å². The van der Waals surface area contributed by atoms with Crippen molar-refractivity contribution in [3.05, 3.63) is 23.8 Å². The molecule has 1 heterocycles. The fourth-order valence-corrected chi connectivity index (χ4v) is 3.92. The summed E-state index contributed by atoms with van der Waals surface area (Å²) >= 11 is 0. The van der Waals surface area contributed by atoms with Crippen molar-refractivity contribution in [2.24, 2.45) is 0 Å². The number of morpholine rings is 1. The first-order valence-electron chi connectivity index (χ1n) is 6.35. The number of aliphatic hydroxyl groups is 1. The van der Waals surface area contributed by atoms with Crippen LogP contribution in [0.1, 0.15) is 5.56 Å². The summed E-state index contributed by atoms with van der Waals surface area (Å²) in [6.45, 7) is 2.34. The number of methoxy groups -OCH3 is 1. The Kier molecular flexibility index (Phi) is 4.64. The van der Waals surface area contributed by atoms with Crippen LogP contribution < -0.4 is 4.74 Å². The SMILES string of the molecule is COc1ccc(S(=O)(=O)N2CCOCC2CO)cc1C. The first-order valence-corrected chi connectivity index (χ1v) is 7.80. The Hall–Kier alpha value is -1.15. The van der Waals surface area contributed by atoms with Crippen LogP contribution in [0.2, 0.25) is 0 Å². The van der Waals surface area contributed by atoms with Crippen molar-refractivity contribution in [3.63, 3.8) is 0 Å². The van der Waals surface area contributed by atoms with E-state index in [1.807, 2.05) is 0 Å². The van der Waals surface area contributed by atoms with E-state index in [0.717, 1.165) is 5.56 Å². The molecule has 1 N–H and O–H groups in total. The van der Waals surface area contributed by atoms with E-state index in [2.05, 4.69) is 0 Å². The zero-order chi connectivity index (χ0) is 14.8. The molecule has 0 bridgehead atoms. The number of hydrogen-bond acceptors (Lipinski definition) is 5. The van der Waals surface area contributed by atoms with Crippen molar-refractivity contribution in [1.82, 2.24) is 4.31 Å². The second-order valence-electron chi connectivity index (χ2n) is 4.66. The Morgan fingerprint density at radius 1 is 1.50 bits per heavy atom. The zero-order valence-electron chi connectivity index (χ0n) is 11.6. The Morgan fingerprint density at radius 2 is 2.25 bits per heavy atom. The molecule has 1 aliphatic rings. The maximum atomic E-state index is 12.6. The van der Waals surface area contributed by atoms with Gasteiger partial charge in [0.1, 0.15) is 5.75 Å². The van der Waals surface area contributed by atoms with Gasteiger partial charge in [-0.2, -0.15) is 4.31 Å². The predicted molar refractivity (Wildman–Crippen MR) is 73.3 cm³/mol. The van der Waals surface area contributed by atoms with Gasteiger partial charge in [-0.05, 0) is 30.7 Å². The molecule has 1 atom stereocenters. The molecule has 0 radical (unpaired) electrons. The minimum atomic E-state index is -3.63. The van der Waals surface area contributed by atoms with Gasteiger partial charge in [0.25, 0.3) is 0 Å². The van der Waals surface area contributed by atoms with Gasteiger partial charge in [0, 0.05) is 6.54 Å². The summed E-state index contributed by atoms with van der Waals surface area (Å²) in [5.41, 5.74) is 0.752. The molecule has 0 aliphatic carbocycles. The third-order valence-corrected chi connectivity index (χ3v) is 5.30. The topological polar surface area (TPSA) is 76.1 Å². The average molecular weight is 301 g/mol. The predicted octanol–water partition coefficient (Wildman–Crippen LogP) is 0.385. The van der Waals surface area contributed by atoms with Gasteiger partial charge in [-0.3, -0.25) is 0 Å². The smallest absolute Gasteiger partial charge is 0.243 e. The molecule has 1 aliphatic heterocycles. The maximum absolute atomic E-state index is 12.6. The Labute approximate surface area is 119 Å². The van der Waals surface area contributed by atoms with Gasteiger partial charge < -0.3 is 14.6 Å². The van der Waals surface area contributed by atoms with E-state index in [1.165, 1.54) is 10.4 Å². The highest BCUT2D eigenvalue weighted by Crippen LogP contribution is 2.25. The molecule has 1 aromatic carbocycles. The second-order valence-corrected chi connectivity index (χ2v) is 6.55. The highest BCUT2D eigenvalue weighted by molar-refractivity contribution is 7.89. The summed E-state index contributed by atoms with van der Waals surface area (Å²) in [4.78, 5) is 0.205. The normalized spacial score (nSPS) is 20.9. The van der Waals surface area contributed by atoms with Gasteiger partial charge in [0.05, 0.1) is 37.9 Å². The molecule has 2 rings (SSSR count). The van der Waals surface area contributed by atoms with Crippen LogP contribution >= 0.6 is 0 Å². The Morgan fingerprint density at radius 3 is 2.85 bits per heavy atom. The van der Waals surface area contributed by atoms with Crippen LogP contribution in [0, 0.1) is 6.92 Å². The summed E-state index contributed by atoms with van der Waals surface area (Å²) in [6, 6.07) is 4.20.